The second kappa shape index (κ2) is 8.95. The van der Waals surface area contributed by atoms with Gasteiger partial charge < -0.3 is 19.7 Å². The summed E-state index contributed by atoms with van der Waals surface area (Å²) in [4.78, 5) is 15.0. The molecule has 0 fully saturated rings. The number of hydrogen-bond acceptors (Lipinski definition) is 4. The van der Waals surface area contributed by atoms with Crippen LogP contribution >= 0.6 is 0 Å². The van der Waals surface area contributed by atoms with Crippen LogP contribution in [-0.2, 0) is 6.54 Å². The molecule has 3 rings (SSSR count). The Balaban J connectivity index is 1.82. The zero-order chi connectivity index (χ0) is 19.9. The van der Waals surface area contributed by atoms with Crippen molar-refractivity contribution in [2.45, 2.75) is 6.54 Å². The zero-order valence-electron chi connectivity index (χ0n) is 16.3. The quantitative estimate of drug-likeness (QED) is 0.655. The first-order chi connectivity index (χ1) is 13.6. The van der Waals surface area contributed by atoms with Crippen molar-refractivity contribution >= 4 is 17.3 Å². The smallest absolute Gasteiger partial charge is 0.259 e. The summed E-state index contributed by atoms with van der Waals surface area (Å²) >= 11 is 0. The van der Waals surface area contributed by atoms with Crippen LogP contribution in [-0.4, -0.2) is 27.2 Å². The lowest BCUT2D eigenvalue weighted by Gasteiger charge is -2.23. The number of amides is 1. The number of ether oxygens (including phenoxy) is 2. The van der Waals surface area contributed by atoms with Crippen LogP contribution in [0.3, 0.4) is 0 Å². The highest BCUT2D eigenvalue weighted by Crippen LogP contribution is 2.29. The lowest BCUT2D eigenvalue weighted by Crippen LogP contribution is -2.20. The Morgan fingerprint density at radius 3 is 2.36 bits per heavy atom. The lowest BCUT2D eigenvalue weighted by molar-refractivity contribution is 0.102. The van der Waals surface area contributed by atoms with E-state index in [9.17, 15) is 4.79 Å². The van der Waals surface area contributed by atoms with E-state index in [4.69, 9.17) is 9.47 Å². The molecule has 1 N–H and O–H groups in total. The van der Waals surface area contributed by atoms with Gasteiger partial charge in [0.2, 0.25) is 0 Å². The molecular weight excluding hydrogens is 352 g/mol. The molecule has 1 amide bonds. The molecule has 0 bridgehead atoms. The maximum Gasteiger partial charge on any atom is 0.259 e. The van der Waals surface area contributed by atoms with Gasteiger partial charge >= 0.3 is 0 Å². The molecule has 3 aromatic carbocycles. The Bertz CT molecular complexity index is 942. The van der Waals surface area contributed by atoms with Gasteiger partial charge in [0, 0.05) is 19.7 Å². The number of benzene rings is 3. The fourth-order valence-corrected chi connectivity index (χ4v) is 3.03. The fourth-order valence-electron chi connectivity index (χ4n) is 3.03. The molecule has 0 aromatic heterocycles. The zero-order valence-corrected chi connectivity index (χ0v) is 16.3. The van der Waals surface area contributed by atoms with Gasteiger partial charge in [-0.1, -0.05) is 42.5 Å². The number of anilines is 2. The number of carbonyl (C=O) groups is 1. The van der Waals surface area contributed by atoms with E-state index in [1.54, 1.807) is 25.3 Å². The third kappa shape index (κ3) is 4.43. The van der Waals surface area contributed by atoms with Crippen molar-refractivity contribution in [3.8, 4) is 11.5 Å². The van der Waals surface area contributed by atoms with Crippen LogP contribution in [0.2, 0.25) is 0 Å². The van der Waals surface area contributed by atoms with Crippen molar-refractivity contribution < 1.29 is 14.3 Å². The summed E-state index contributed by atoms with van der Waals surface area (Å²) in [5.74, 6) is 0.864. The lowest BCUT2D eigenvalue weighted by atomic mass is 10.1. The molecular formula is C23H24N2O3. The number of methoxy groups -OCH3 is 2. The Morgan fingerprint density at radius 2 is 1.64 bits per heavy atom. The van der Waals surface area contributed by atoms with Crippen LogP contribution in [0, 0.1) is 0 Å². The number of hydrogen-bond donors (Lipinski definition) is 1. The van der Waals surface area contributed by atoms with Crippen molar-refractivity contribution in [2.75, 3.05) is 31.5 Å². The Morgan fingerprint density at radius 1 is 0.929 bits per heavy atom. The van der Waals surface area contributed by atoms with Gasteiger partial charge in [-0.15, -0.1) is 0 Å². The van der Waals surface area contributed by atoms with Crippen molar-refractivity contribution in [3.63, 3.8) is 0 Å². The maximum atomic E-state index is 12.9. The van der Waals surface area contributed by atoms with Gasteiger partial charge in [0.1, 0.15) is 11.5 Å². The van der Waals surface area contributed by atoms with Gasteiger partial charge in [0.05, 0.1) is 31.2 Å². The van der Waals surface area contributed by atoms with Crippen molar-refractivity contribution in [2.24, 2.45) is 0 Å². The topological polar surface area (TPSA) is 50.8 Å². The Kier molecular flexibility index (Phi) is 6.17. The Labute approximate surface area is 165 Å². The summed E-state index contributed by atoms with van der Waals surface area (Å²) in [7, 11) is 5.12. The van der Waals surface area contributed by atoms with E-state index in [0.717, 1.165) is 17.9 Å². The summed E-state index contributed by atoms with van der Waals surface area (Å²) in [6.07, 6.45) is 0. The third-order valence-electron chi connectivity index (χ3n) is 4.48. The third-order valence-corrected chi connectivity index (χ3v) is 4.48. The number of rotatable bonds is 7. The van der Waals surface area contributed by atoms with Crippen LogP contribution < -0.4 is 19.7 Å². The highest BCUT2D eigenvalue weighted by atomic mass is 16.5. The fraction of sp³-hybridized carbons (Fsp3) is 0.174. The molecule has 5 heteroatoms. The minimum absolute atomic E-state index is 0.236. The normalized spacial score (nSPS) is 10.2. The summed E-state index contributed by atoms with van der Waals surface area (Å²) in [6.45, 7) is 0.736. The number of para-hydroxylation sites is 2. The largest absolute Gasteiger partial charge is 0.497 e. The van der Waals surface area contributed by atoms with Gasteiger partial charge in [-0.05, 0) is 29.8 Å². The molecule has 144 valence electrons. The summed E-state index contributed by atoms with van der Waals surface area (Å²) in [5.41, 5.74) is 3.32. The average molecular weight is 376 g/mol. The molecule has 28 heavy (non-hydrogen) atoms. The molecule has 0 heterocycles. The first-order valence-electron chi connectivity index (χ1n) is 9.00. The van der Waals surface area contributed by atoms with Gasteiger partial charge in [0.25, 0.3) is 5.91 Å². The number of nitrogens with zero attached hydrogens (tertiary/aromatic N) is 1. The predicted octanol–water partition coefficient (Wildman–Crippen LogP) is 4.59. The molecule has 0 spiro atoms. The molecule has 0 unspecified atom stereocenters. The van der Waals surface area contributed by atoms with E-state index in [0.29, 0.717) is 17.1 Å². The van der Waals surface area contributed by atoms with Gasteiger partial charge in [-0.3, -0.25) is 4.79 Å². The second-order valence-electron chi connectivity index (χ2n) is 6.38. The van der Waals surface area contributed by atoms with Gasteiger partial charge in [-0.2, -0.15) is 0 Å². The molecule has 0 aliphatic rings. The molecule has 5 nitrogen and oxygen atoms in total. The molecule has 0 saturated heterocycles. The van der Waals surface area contributed by atoms with E-state index in [-0.39, 0.29) is 5.91 Å². The molecule has 3 aromatic rings. The first-order valence-corrected chi connectivity index (χ1v) is 9.00. The van der Waals surface area contributed by atoms with Gasteiger partial charge in [0.15, 0.2) is 0 Å². The highest BCUT2D eigenvalue weighted by Gasteiger charge is 2.16. The van der Waals surface area contributed by atoms with Crippen molar-refractivity contribution in [1.29, 1.82) is 0 Å². The van der Waals surface area contributed by atoms with Gasteiger partial charge in [-0.25, -0.2) is 0 Å². The minimum atomic E-state index is -0.236. The average Bonchev–Trinajstić information content (AvgIpc) is 2.74. The van der Waals surface area contributed by atoms with E-state index in [1.165, 1.54) is 12.7 Å². The van der Waals surface area contributed by atoms with Crippen LogP contribution in [0.25, 0.3) is 0 Å². The molecule has 0 aliphatic heterocycles. The van der Waals surface area contributed by atoms with E-state index in [1.807, 2.05) is 49.5 Å². The maximum absolute atomic E-state index is 12.9. The van der Waals surface area contributed by atoms with Crippen LogP contribution in [0.15, 0.2) is 72.8 Å². The molecule has 0 radical (unpaired) electrons. The molecule has 0 atom stereocenters. The van der Waals surface area contributed by atoms with Crippen LogP contribution in [0.5, 0.6) is 11.5 Å². The monoisotopic (exact) mass is 376 g/mol. The van der Waals surface area contributed by atoms with E-state index < -0.39 is 0 Å². The standard InChI is InChI=1S/C23H24N2O3/c1-25(16-17-9-5-4-6-10-17)21-12-8-7-11-20(21)24-23(26)19-14-13-18(27-2)15-22(19)28-3/h4-15H,16H2,1-3H3,(H,24,26). The van der Waals surface area contributed by atoms with Crippen molar-refractivity contribution in [1.82, 2.24) is 0 Å². The number of carbonyl (C=O) groups excluding carboxylic acids is 1. The van der Waals surface area contributed by atoms with E-state index >= 15 is 0 Å². The van der Waals surface area contributed by atoms with Crippen molar-refractivity contribution in [3.05, 3.63) is 83.9 Å². The highest BCUT2D eigenvalue weighted by molar-refractivity contribution is 6.07. The predicted molar refractivity (Wildman–Crippen MR) is 112 cm³/mol. The van der Waals surface area contributed by atoms with E-state index in [2.05, 4.69) is 22.3 Å². The molecule has 0 saturated carbocycles. The van der Waals surface area contributed by atoms with Crippen LogP contribution in [0.4, 0.5) is 11.4 Å². The molecule has 0 aliphatic carbocycles. The summed E-state index contributed by atoms with van der Waals surface area (Å²) < 4.78 is 10.6. The Hall–Kier alpha value is -3.47. The van der Waals surface area contributed by atoms with Crippen LogP contribution in [0.1, 0.15) is 15.9 Å². The SMILES string of the molecule is COc1ccc(C(=O)Nc2ccccc2N(C)Cc2ccccc2)c(OC)c1. The summed E-state index contributed by atoms with van der Waals surface area (Å²) in [5, 5.41) is 3.00. The first kappa shape index (κ1) is 19.3. The minimum Gasteiger partial charge on any atom is -0.497 e. The number of nitrogens with one attached hydrogen (secondary N) is 1. The second-order valence-corrected chi connectivity index (χ2v) is 6.38. The summed E-state index contributed by atoms with van der Waals surface area (Å²) in [6, 6.07) is 23.1.